The molecule has 35 heavy (non-hydrogen) atoms. The van der Waals surface area contributed by atoms with Crippen LogP contribution in [0.5, 0.6) is 0 Å². The van der Waals surface area contributed by atoms with Crippen molar-refractivity contribution in [2.45, 2.75) is 40.7 Å². The van der Waals surface area contributed by atoms with Crippen LogP contribution in [-0.2, 0) is 20.9 Å². The van der Waals surface area contributed by atoms with Crippen LogP contribution in [0.1, 0.15) is 50.0 Å². The van der Waals surface area contributed by atoms with E-state index in [1.54, 1.807) is 28.9 Å². The van der Waals surface area contributed by atoms with Crippen LogP contribution in [0.25, 0.3) is 0 Å². The predicted octanol–water partition coefficient (Wildman–Crippen LogP) is 2.83. The monoisotopic (exact) mass is 478 g/mol. The van der Waals surface area contributed by atoms with Crippen molar-refractivity contribution >= 4 is 17.8 Å². The van der Waals surface area contributed by atoms with Gasteiger partial charge in [0, 0.05) is 43.7 Å². The summed E-state index contributed by atoms with van der Waals surface area (Å²) >= 11 is 0. The SMILES string of the molecule is CCOC(=O)C1(C)CN(C(=O)c2cnn(Cc3ccccc3)c2)CC12CN(C(=O)[C@H]1CC1(C)C)C2. The summed E-state index contributed by atoms with van der Waals surface area (Å²) < 4.78 is 7.21. The second-order valence-corrected chi connectivity index (χ2v) is 11.3. The summed E-state index contributed by atoms with van der Waals surface area (Å²) in [6, 6.07) is 9.95. The Balaban J connectivity index is 1.32. The maximum atomic E-state index is 13.5. The summed E-state index contributed by atoms with van der Waals surface area (Å²) in [7, 11) is 0. The molecule has 1 saturated carbocycles. The van der Waals surface area contributed by atoms with Gasteiger partial charge in [-0.05, 0) is 31.2 Å². The number of benzene rings is 1. The number of carbonyl (C=O) groups is 3. The van der Waals surface area contributed by atoms with Gasteiger partial charge in [-0.3, -0.25) is 19.1 Å². The molecule has 1 spiro atoms. The van der Waals surface area contributed by atoms with Gasteiger partial charge in [0.2, 0.25) is 5.91 Å². The third kappa shape index (κ3) is 3.93. The van der Waals surface area contributed by atoms with Crippen LogP contribution >= 0.6 is 0 Å². The summed E-state index contributed by atoms with van der Waals surface area (Å²) in [5.74, 6) is -0.221. The van der Waals surface area contributed by atoms with Crippen molar-refractivity contribution in [1.29, 1.82) is 0 Å². The number of likely N-dealkylation sites (tertiary alicyclic amines) is 2. The van der Waals surface area contributed by atoms with Gasteiger partial charge in [-0.25, -0.2) is 0 Å². The Morgan fingerprint density at radius 3 is 2.31 bits per heavy atom. The van der Waals surface area contributed by atoms with E-state index in [0.717, 1.165) is 12.0 Å². The highest BCUT2D eigenvalue weighted by molar-refractivity contribution is 5.95. The van der Waals surface area contributed by atoms with E-state index in [1.807, 2.05) is 42.2 Å². The Bertz CT molecular complexity index is 1150. The molecule has 186 valence electrons. The summed E-state index contributed by atoms with van der Waals surface area (Å²) in [5.41, 5.74) is 0.291. The molecule has 1 aliphatic carbocycles. The summed E-state index contributed by atoms with van der Waals surface area (Å²) in [6.45, 7) is 10.4. The Hall–Kier alpha value is -3.16. The Morgan fingerprint density at radius 1 is 1.03 bits per heavy atom. The second kappa shape index (κ2) is 8.21. The van der Waals surface area contributed by atoms with Crippen LogP contribution in [0.3, 0.4) is 0 Å². The number of carbonyl (C=O) groups excluding carboxylic acids is 3. The molecule has 8 nitrogen and oxygen atoms in total. The fourth-order valence-electron chi connectivity index (χ4n) is 5.77. The molecular formula is C27H34N4O4. The van der Waals surface area contributed by atoms with Gasteiger partial charge in [0.25, 0.3) is 5.91 Å². The van der Waals surface area contributed by atoms with E-state index in [0.29, 0.717) is 31.7 Å². The van der Waals surface area contributed by atoms with Gasteiger partial charge in [-0.2, -0.15) is 5.10 Å². The zero-order valence-corrected chi connectivity index (χ0v) is 21.0. The average molecular weight is 479 g/mol. The van der Waals surface area contributed by atoms with Gasteiger partial charge in [-0.1, -0.05) is 44.2 Å². The molecule has 2 aliphatic heterocycles. The highest BCUT2D eigenvalue weighted by Gasteiger charge is 2.68. The fraction of sp³-hybridized carbons (Fsp3) is 0.556. The van der Waals surface area contributed by atoms with E-state index in [2.05, 4.69) is 18.9 Å². The highest BCUT2D eigenvalue weighted by Crippen LogP contribution is 2.57. The maximum Gasteiger partial charge on any atom is 0.314 e. The van der Waals surface area contributed by atoms with Crippen molar-refractivity contribution in [3.8, 4) is 0 Å². The average Bonchev–Trinajstić information content (AvgIpc) is 3.12. The van der Waals surface area contributed by atoms with Crippen molar-refractivity contribution in [2.75, 3.05) is 32.8 Å². The molecule has 3 fully saturated rings. The van der Waals surface area contributed by atoms with Gasteiger partial charge < -0.3 is 14.5 Å². The molecule has 8 heteroatoms. The molecule has 0 N–H and O–H groups in total. The number of ether oxygens (including phenoxy) is 1. The minimum atomic E-state index is -0.867. The first-order valence-electron chi connectivity index (χ1n) is 12.4. The van der Waals surface area contributed by atoms with Crippen LogP contribution in [0.2, 0.25) is 0 Å². The van der Waals surface area contributed by atoms with E-state index in [4.69, 9.17) is 4.74 Å². The third-order valence-electron chi connectivity index (χ3n) is 8.36. The minimum Gasteiger partial charge on any atom is -0.466 e. The van der Waals surface area contributed by atoms with Crippen molar-refractivity contribution in [3.05, 3.63) is 53.9 Å². The summed E-state index contributed by atoms with van der Waals surface area (Å²) in [5, 5.41) is 4.38. The smallest absolute Gasteiger partial charge is 0.314 e. The van der Waals surface area contributed by atoms with Crippen molar-refractivity contribution < 1.29 is 19.1 Å². The highest BCUT2D eigenvalue weighted by atomic mass is 16.5. The molecule has 0 radical (unpaired) electrons. The van der Waals surface area contributed by atoms with Crippen LogP contribution < -0.4 is 0 Å². The van der Waals surface area contributed by atoms with E-state index < -0.39 is 10.8 Å². The first kappa shape index (κ1) is 23.6. The zero-order chi connectivity index (χ0) is 25.0. The Morgan fingerprint density at radius 2 is 1.69 bits per heavy atom. The number of esters is 1. The first-order valence-corrected chi connectivity index (χ1v) is 12.4. The van der Waals surface area contributed by atoms with Gasteiger partial charge in [-0.15, -0.1) is 0 Å². The van der Waals surface area contributed by atoms with Crippen LogP contribution in [0.15, 0.2) is 42.7 Å². The fourth-order valence-corrected chi connectivity index (χ4v) is 5.77. The van der Waals surface area contributed by atoms with E-state index in [-0.39, 0.29) is 42.3 Å². The number of hydrogen-bond donors (Lipinski definition) is 0. The normalized spacial score (nSPS) is 25.9. The van der Waals surface area contributed by atoms with Gasteiger partial charge in [0.15, 0.2) is 0 Å². The Labute approximate surface area is 206 Å². The third-order valence-corrected chi connectivity index (χ3v) is 8.36. The van der Waals surface area contributed by atoms with Crippen molar-refractivity contribution in [2.24, 2.45) is 22.2 Å². The lowest BCUT2D eigenvalue weighted by Gasteiger charge is -2.54. The quantitative estimate of drug-likeness (QED) is 0.596. The van der Waals surface area contributed by atoms with E-state index in [9.17, 15) is 14.4 Å². The lowest BCUT2D eigenvalue weighted by molar-refractivity contribution is -0.174. The molecule has 2 amide bonds. The number of rotatable bonds is 6. The Kier molecular flexibility index (Phi) is 5.53. The van der Waals surface area contributed by atoms with Gasteiger partial charge >= 0.3 is 5.97 Å². The number of nitrogens with zero attached hydrogens (tertiary/aromatic N) is 4. The molecule has 1 aromatic heterocycles. The largest absolute Gasteiger partial charge is 0.466 e. The first-order chi connectivity index (χ1) is 16.6. The molecule has 1 unspecified atom stereocenters. The van der Waals surface area contributed by atoms with Gasteiger partial charge in [0.1, 0.15) is 0 Å². The second-order valence-electron chi connectivity index (χ2n) is 11.3. The predicted molar refractivity (Wildman–Crippen MR) is 129 cm³/mol. The molecule has 3 aliphatic rings. The molecule has 2 atom stereocenters. The molecule has 5 rings (SSSR count). The van der Waals surface area contributed by atoms with Crippen molar-refractivity contribution in [3.63, 3.8) is 0 Å². The molecule has 2 aromatic rings. The van der Waals surface area contributed by atoms with Gasteiger partial charge in [0.05, 0.1) is 30.3 Å². The van der Waals surface area contributed by atoms with Crippen molar-refractivity contribution in [1.82, 2.24) is 19.6 Å². The topological polar surface area (TPSA) is 84.7 Å². The zero-order valence-electron chi connectivity index (χ0n) is 21.0. The lowest BCUT2D eigenvalue weighted by atomic mass is 9.62. The number of hydrogen-bond acceptors (Lipinski definition) is 5. The molecule has 2 saturated heterocycles. The molecule has 0 bridgehead atoms. The number of aromatic nitrogens is 2. The molecule has 1 aromatic carbocycles. The van der Waals surface area contributed by atoms with Crippen LogP contribution in [-0.4, -0.2) is 70.1 Å². The summed E-state index contributed by atoms with van der Waals surface area (Å²) in [6.07, 6.45) is 4.25. The minimum absolute atomic E-state index is 0.0574. The maximum absolute atomic E-state index is 13.5. The standard InChI is InChI=1S/C27H34N4O4/c1-5-35-24(34)26(4)15-29(16-27(26)17-30(18-27)23(33)21-11-25(21,2)3)22(32)20-12-28-31(14-20)13-19-9-7-6-8-10-19/h6-10,12,14,21H,5,11,13,15-18H2,1-4H3/t21-,26?/m1/s1. The lowest BCUT2D eigenvalue weighted by Crippen LogP contribution is -2.67. The number of amides is 2. The molecular weight excluding hydrogens is 444 g/mol. The van der Waals surface area contributed by atoms with Crippen LogP contribution in [0.4, 0.5) is 0 Å². The van der Waals surface area contributed by atoms with Crippen LogP contribution in [0, 0.1) is 22.2 Å². The van der Waals surface area contributed by atoms with E-state index >= 15 is 0 Å². The molecule has 3 heterocycles. The summed E-state index contributed by atoms with van der Waals surface area (Å²) in [4.78, 5) is 43.2. The van der Waals surface area contributed by atoms with E-state index in [1.165, 1.54) is 0 Å².